The van der Waals surface area contributed by atoms with E-state index in [1.165, 1.54) is 6.08 Å². The number of allylic oxidation sites excluding steroid dienone is 2. The van der Waals surface area contributed by atoms with Crippen LogP contribution in [-0.2, 0) is 10.2 Å². The SMILES string of the molecule is C=CCOC(=O)c1ccc(C2(C)c3cc(C(=O)O)ccc3C(C)C2(C)C=CC)cc1. The molecule has 3 unspecified atom stereocenters. The van der Waals surface area contributed by atoms with Crippen LogP contribution < -0.4 is 0 Å². The Morgan fingerprint density at radius 2 is 1.77 bits per heavy atom. The maximum atomic E-state index is 12.2. The van der Waals surface area contributed by atoms with Crippen LogP contribution in [0.3, 0.4) is 0 Å². The number of carbonyl (C=O) groups is 2. The number of hydrogen-bond donors (Lipinski definition) is 1. The summed E-state index contributed by atoms with van der Waals surface area (Å²) in [5, 5.41) is 9.55. The molecule has 0 heterocycles. The summed E-state index contributed by atoms with van der Waals surface area (Å²) in [6, 6.07) is 12.9. The van der Waals surface area contributed by atoms with E-state index in [1.54, 1.807) is 24.3 Å². The third-order valence-electron chi connectivity index (χ3n) is 6.83. The van der Waals surface area contributed by atoms with Gasteiger partial charge in [-0.1, -0.05) is 63.8 Å². The van der Waals surface area contributed by atoms with Gasteiger partial charge in [0.2, 0.25) is 0 Å². The first kappa shape index (κ1) is 21.6. The second-order valence-electron chi connectivity index (χ2n) is 8.20. The largest absolute Gasteiger partial charge is 0.478 e. The molecular formula is C26H28O4. The van der Waals surface area contributed by atoms with Gasteiger partial charge in [-0.15, -0.1) is 0 Å². The first-order valence-corrected chi connectivity index (χ1v) is 10.1. The molecule has 156 valence electrons. The van der Waals surface area contributed by atoms with Crippen molar-refractivity contribution in [2.45, 2.75) is 39.0 Å². The number of carboxylic acids is 1. The van der Waals surface area contributed by atoms with Crippen molar-refractivity contribution in [2.24, 2.45) is 5.41 Å². The number of esters is 1. The van der Waals surface area contributed by atoms with Gasteiger partial charge in [-0.2, -0.15) is 0 Å². The fourth-order valence-corrected chi connectivity index (χ4v) is 4.83. The highest BCUT2D eigenvalue weighted by Crippen LogP contribution is 2.62. The predicted octanol–water partition coefficient (Wildman–Crippen LogP) is 5.73. The van der Waals surface area contributed by atoms with Crippen LogP contribution in [0.2, 0.25) is 0 Å². The normalized spacial score (nSPS) is 25.1. The van der Waals surface area contributed by atoms with Crippen LogP contribution in [0.25, 0.3) is 0 Å². The molecule has 3 rings (SSSR count). The molecule has 1 N–H and O–H groups in total. The zero-order chi connectivity index (χ0) is 22.1. The van der Waals surface area contributed by atoms with Crippen LogP contribution in [0, 0.1) is 5.41 Å². The Bertz CT molecular complexity index is 1020. The molecule has 3 atom stereocenters. The number of benzene rings is 2. The summed E-state index contributed by atoms with van der Waals surface area (Å²) in [5.41, 5.74) is 3.20. The first-order valence-electron chi connectivity index (χ1n) is 10.1. The standard InChI is InChI=1S/C26H28O4/c1-6-14-25(4)17(3)21-13-10-19(23(27)28)16-22(21)26(25,5)20-11-8-18(9-12-20)24(29)30-15-7-2/h6-14,16-17H,2,15H2,1,3-5H3,(H,27,28). The van der Waals surface area contributed by atoms with Gasteiger partial charge < -0.3 is 9.84 Å². The van der Waals surface area contributed by atoms with Gasteiger partial charge in [-0.3, -0.25) is 0 Å². The number of ether oxygens (including phenoxy) is 1. The molecule has 0 amide bonds. The topological polar surface area (TPSA) is 63.6 Å². The molecule has 2 aromatic rings. The monoisotopic (exact) mass is 404 g/mol. The van der Waals surface area contributed by atoms with E-state index in [-0.39, 0.29) is 23.5 Å². The molecular weight excluding hydrogens is 376 g/mol. The van der Waals surface area contributed by atoms with Crippen LogP contribution in [0.1, 0.15) is 71.0 Å². The fourth-order valence-electron chi connectivity index (χ4n) is 4.83. The van der Waals surface area contributed by atoms with Crippen LogP contribution in [0.5, 0.6) is 0 Å². The lowest BCUT2D eigenvalue weighted by Gasteiger charge is -2.43. The van der Waals surface area contributed by atoms with E-state index in [2.05, 4.69) is 39.5 Å². The minimum absolute atomic E-state index is 0.167. The van der Waals surface area contributed by atoms with E-state index in [0.717, 1.165) is 16.7 Å². The molecule has 4 heteroatoms. The molecule has 2 aromatic carbocycles. The lowest BCUT2D eigenvalue weighted by Crippen LogP contribution is -2.39. The van der Waals surface area contributed by atoms with Crippen molar-refractivity contribution in [3.8, 4) is 0 Å². The average molecular weight is 405 g/mol. The summed E-state index contributed by atoms with van der Waals surface area (Å²) >= 11 is 0. The van der Waals surface area contributed by atoms with Crippen molar-refractivity contribution in [2.75, 3.05) is 6.61 Å². The molecule has 1 aliphatic carbocycles. The van der Waals surface area contributed by atoms with Gasteiger partial charge in [0.25, 0.3) is 0 Å². The van der Waals surface area contributed by atoms with E-state index in [1.807, 2.05) is 25.1 Å². The molecule has 0 bridgehead atoms. The van der Waals surface area contributed by atoms with E-state index in [0.29, 0.717) is 5.56 Å². The summed E-state index contributed by atoms with van der Waals surface area (Å²) in [5.74, 6) is -1.14. The second kappa shape index (κ2) is 7.94. The van der Waals surface area contributed by atoms with Crippen molar-refractivity contribution < 1.29 is 19.4 Å². The Morgan fingerprint density at radius 3 is 2.33 bits per heavy atom. The average Bonchev–Trinajstić information content (AvgIpc) is 2.91. The number of fused-ring (bicyclic) bond motifs is 1. The molecule has 0 saturated carbocycles. The Balaban J connectivity index is 2.17. The molecule has 0 aliphatic heterocycles. The quantitative estimate of drug-likeness (QED) is 0.493. The highest BCUT2D eigenvalue weighted by Gasteiger charge is 2.55. The van der Waals surface area contributed by atoms with Gasteiger partial charge in [0.1, 0.15) is 6.61 Å². The Labute approximate surface area is 177 Å². The van der Waals surface area contributed by atoms with Gasteiger partial charge in [0, 0.05) is 10.8 Å². The van der Waals surface area contributed by atoms with Crippen molar-refractivity contribution in [1.82, 2.24) is 0 Å². The van der Waals surface area contributed by atoms with Gasteiger partial charge >= 0.3 is 11.9 Å². The molecule has 4 nitrogen and oxygen atoms in total. The summed E-state index contributed by atoms with van der Waals surface area (Å²) in [7, 11) is 0. The Kier molecular flexibility index (Phi) is 5.71. The molecule has 30 heavy (non-hydrogen) atoms. The predicted molar refractivity (Wildman–Crippen MR) is 118 cm³/mol. The molecule has 0 saturated heterocycles. The number of hydrogen-bond acceptors (Lipinski definition) is 3. The Hall–Kier alpha value is -3.14. The third-order valence-corrected chi connectivity index (χ3v) is 6.83. The molecule has 0 radical (unpaired) electrons. The smallest absolute Gasteiger partial charge is 0.338 e. The highest BCUT2D eigenvalue weighted by atomic mass is 16.5. The van der Waals surface area contributed by atoms with E-state index < -0.39 is 17.4 Å². The van der Waals surface area contributed by atoms with Crippen LogP contribution >= 0.6 is 0 Å². The minimum atomic E-state index is -0.937. The summed E-state index contributed by atoms with van der Waals surface area (Å²) in [4.78, 5) is 23.8. The summed E-state index contributed by atoms with van der Waals surface area (Å²) in [6.45, 7) is 12.3. The van der Waals surface area contributed by atoms with Crippen molar-refractivity contribution in [3.63, 3.8) is 0 Å². The molecule has 0 fully saturated rings. The van der Waals surface area contributed by atoms with E-state index in [9.17, 15) is 14.7 Å². The first-order chi connectivity index (χ1) is 14.2. The minimum Gasteiger partial charge on any atom is -0.478 e. The highest BCUT2D eigenvalue weighted by molar-refractivity contribution is 5.90. The molecule has 0 spiro atoms. The van der Waals surface area contributed by atoms with Gasteiger partial charge in [-0.25, -0.2) is 9.59 Å². The summed E-state index contributed by atoms with van der Waals surface area (Å²) < 4.78 is 5.13. The zero-order valence-corrected chi connectivity index (χ0v) is 17.9. The number of carboxylic acid groups (broad SMARTS) is 1. The number of rotatable bonds is 6. The van der Waals surface area contributed by atoms with Gasteiger partial charge in [-0.05, 0) is 53.8 Å². The summed E-state index contributed by atoms with van der Waals surface area (Å²) in [6.07, 6.45) is 5.80. The molecule has 1 aliphatic rings. The van der Waals surface area contributed by atoms with Gasteiger partial charge in [0.05, 0.1) is 11.1 Å². The Morgan fingerprint density at radius 1 is 1.13 bits per heavy atom. The van der Waals surface area contributed by atoms with Crippen molar-refractivity contribution in [1.29, 1.82) is 0 Å². The van der Waals surface area contributed by atoms with Crippen LogP contribution in [-0.4, -0.2) is 23.7 Å². The second-order valence-corrected chi connectivity index (χ2v) is 8.20. The molecule has 0 aromatic heterocycles. The van der Waals surface area contributed by atoms with Crippen molar-refractivity contribution >= 4 is 11.9 Å². The van der Waals surface area contributed by atoms with E-state index in [4.69, 9.17) is 4.74 Å². The van der Waals surface area contributed by atoms with Crippen LogP contribution in [0.15, 0.2) is 67.3 Å². The number of carbonyl (C=O) groups excluding carboxylic acids is 1. The maximum Gasteiger partial charge on any atom is 0.338 e. The fraction of sp³-hybridized carbons (Fsp3) is 0.308. The third kappa shape index (κ3) is 3.17. The number of aromatic carboxylic acids is 1. The lowest BCUT2D eigenvalue weighted by atomic mass is 9.59. The van der Waals surface area contributed by atoms with Crippen molar-refractivity contribution in [3.05, 3.63) is 95.1 Å². The van der Waals surface area contributed by atoms with E-state index >= 15 is 0 Å². The zero-order valence-electron chi connectivity index (χ0n) is 17.9. The maximum absolute atomic E-state index is 12.2. The van der Waals surface area contributed by atoms with Gasteiger partial charge in [0.15, 0.2) is 0 Å². The van der Waals surface area contributed by atoms with Crippen LogP contribution in [0.4, 0.5) is 0 Å². The lowest BCUT2D eigenvalue weighted by molar-refractivity contribution is 0.0549.